The van der Waals surface area contributed by atoms with Crippen LogP contribution < -0.4 is 4.74 Å². The maximum absolute atomic E-state index is 9.03. The third-order valence-electron chi connectivity index (χ3n) is 3.09. The van der Waals surface area contributed by atoms with E-state index in [1.165, 1.54) is 12.8 Å². The zero-order chi connectivity index (χ0) is 12.3. The van der Waals surface area contributed by atoms with Gasteiger partial charge in [0.15, 0.2) is 0 Å². The van der Waals surface area contributed by atoms with Crippen molar-refractivity contribution < 1.29 is 4.74 Å². The first-order valence-electron chi connectivity index (χ1n) is 5.91. The summed E-state index contributed by atoms with van der Waals surface area (Å²) < 4.78 is 5.58. The molecule has 1 saturated carbocycles. The van der Waals surface area contributed by atoms with Crippen LogP contribution in [0.5, 0.6) is 5.88 Å². The standard InChI is InChI=1S/C13H17N3O/c1-10-5-6-15-13(12(10)9-14)17-8-7-16(2)11-3-4-11/h5-6,11H,3-4,7-8H2,1-2H3. The molecule has 0 amide bonds. The van der Waals surface area contributed by atoms with Crippen LogP contribution in [0.4, 0.5) is 0 Å². The average Bonchev–Trinajstić information content (AvgIpc) is 3.13. The van der Waals surface area contributed by atoms with E-state index >= 15 is 0 Å². The molecular formula is C13H17N3O. The van der Waals surface area contributed by atoms with Gasteiger partial charge in [0, 0.05) is 18.8 Å². The number of pyridine rings is 1. The minimum atomic E-state index is 0.455. The third kappa shape index (κ3) is 2.95. The molecule has 0 unspecified atom stereocenters. The summed E-state index contributed by atoms with van der Waals surface area (Å²) in [5.74, 6) is 0.455. The first-order chi connectivity index (χ1) is 8.22. The number of aryl methyl sites for hydroxylation is 1. The summed E-state index contributed by atoms with van der Waals surface area (Å²) in [7, 11) is 2.11. The first-order valence-corrected chi connectivity index (χ1v) is 5.91. The van der Waals surface area contributed by atoms with E-state index in [0.29, 0.717) is 18.1 Å². The molecule has 1 aliphatic carbocycles. The van der Waals surface area contributed by atoms with Crippen LogP contribution in [0.15, 0.2) is 12.3 Å². The van der Waals surface area contributed by atoms with Gasteiger partial charge in [-0.25, -0.2) is 4.98 Å². The second-order valence-electron chi connectivity index (χ2n) is 4.48. The van der Waals surface area contributed by atoms with Gasteiger partial charge in [-0.05, 0) is 38.4 Å². The fraction of sp³-hybridized carbons (Fsp3) is 0.538. The number of aromatic nitrogens is 1. The lowest BCUT2D eigenvalue weighted by Gasteiger charge is -2.15. The molecule has 4 heteroatoms. The van der Waals surface area contributed by atoms with Gasteiger partial charge in [-0.2, -0.15) is 5.26 Å². The number of hydrogen-bond acceptors (Lipinski definition) is 4. The molecule has 1 aromatic rings. The van der Waals surface area contributed by atoms with E-state index in [0.717, 1.165) is 18.2 Å². The topological polar surface area (TPSA) is 49.1 Å². The molecule has 0 atom stereocenters. The summed E-state index contributed by atoms with van der Waals surface area (Å²) >= 11 is 0. The van der Waals surface area contributed by atoms with Gasteiger partial charge in [-0.15, -0.1) is 0 Å². The molecular weight excluding hydrogens is 214 g/mol. The summed E-state index contributed by atoms with van der Waals surface area (Å²) in [4.78, 5) is 6.40. The number of rotatable bonds is 5. The molecule has 4 nitrogen and oxygen atoms in total. The van der Waals surface area contributed by atoms with Crippen LogP contribution in [-0.2, 0) is 0 Å². The molecule has 1 fully saturated rings. The van der Waals surface area contributed by atoms with Crippen molar-refractivity contribution in [2.75, 3.05) is 20.2 Å². The van der Waals surface area contributed by atoms with Crippen LogP contribution in [0.25, 0.3) is 0 Å². The van der Waals surface area contributed by atoms with E-state index in [-0.39, 0.29) is 0 Å². The Hall–Kier alpha value is -1.60. The zero-order valence-electron chi connectivity index (χ0n) is 10.3. The molecule has 1 heterocycles. The lowest BCUT2D eigenvalue weighted by atomic mass is 10.2. The lowest BCUT2D eigenvalue weighted by molar-refractivity contribution is 0.226. The van der Waals surface area contributed by atoms with Crippen LogP contribution in [0, 0.1) is 18.3 Å². The van der Waals surface area contributed by atoms with Gasteiger partial charge in [-0.1, -0.05) is 0 Å². The summed E-state index contributed by atoms with van der Waals surface area (Å²) in [5, 5.41) is 9.03. The molecule has 2 rings (SSSR count). The number of nitrogens with zero attached hydrogens (tertiary/aromatic N) is 3. The van der Waals surface area contributed by atoms with E-state index in [2.05, 4.69) is 23.0 Å². The highest BCUT2D eigenvalue weighted by atomic mass is 16.5. The Kier molecular flexibility index (Phi) is 3.60. The fourth-order valence-electron chi connectivity index (χ4n) is 1.76. The quantitative estimate of drug-likeness (QED) is 0.774. The fourth-order valence-corrected chi connectivity index (χ4v) is 1.76. The highest BCUT2D eigenvalue weighted by Crippen LogP contribution is 2.25. The molecule has 0 spiro atoms. The van der Waals surface area contributed by atoms with Crippen molar-refractivity contribution in [2.24, 2.45) is 0 Å². The monoisotopic (exact) mass is 231 g/mol. The van der Waals surface area contributed by atoms with E-state index in [1.54, 1.807) is 6.20 Å². The van der Waals surface area contributed by atoms with Crippen molar-refractivity contribution in [3.05, 3.63) is 23.4 Å². The van der Waals surface area contributed by atoms with Gasteiger partial charge >= 0.3 is 0 Å². The largest absolute Gasteiger partial charge is 0.475 e. The molecule has 17 heavy (non-hydrogen) atoms. The Labute approximate surface area is 102 Å². The van der Waals surface area contributed by atoms with Crippen molar-refractivity contribution in [1.29, 1.82) is 5.26 Å². The van der Waals surface area contributed by atoms with Gasteiger partial charge in [0.1, 0.15) is 18.2 Å². The molecule has 0 bridgehead atoms. The van der Waals surface area contributed by atoms with Crippen molar-refractivity contribution >= 4 is 0 Å². The first kappa shape index (κ1) is 11.9. The van der Waals surface area contributed by atoms with Crippen molar-refractivity contribution in [3.8, 4) is 11.9 Å². The summed E-state index contributed by atoms with van der Waals surface area (Å²) in [5.41, 5.74) is 1.45. The van der Waals surface area contributed by atoms with Crippen LogP contribution >= 0.6 is 0 Å². The molecule has 1 aromatic heterocycles. The van der Waals surface area contributed by atoms with Crippen molar-refractivity contribution in [1.82, 2.24) is 9.88 Å². The smallest absolute Gasteiger partial charge is 0.231 e. The minimum absolute atomic E-state index is 0.455. The Bertz CT molecular complexity index is 435. The molecule has 1 aliphatic rings. The van der Waals surface area contributed by atoms with Crippen LogP contribution in [0.2, 0.25) is 0 Å². The lowest BCUT2D eigenvalue weighted by Crippen LogP contribution is -2.26. The van der Waals surface area contributed by atoms with Gasteiger partial charge in [0.25, 0.3) is 0 Å². The van der Waals surface area contributed by atoms with Crippen molar-refractivity contribution in [3.63, 3.8) is 0 Å². The molecule has 0 aromatic carbocycles. The Morgan fingerprint density at radius 1 is 1.59 bits per heavy atom. The summed E-state index contributed by atoms with van der Waals surface area (Å²) in [6.07, 6.45) is 4.27. The highest BCUT2D eigenvalue weighted by molar-refractivity contribution is 5.43. The van der Waals surface area contributed by atoms with E-state index < -0.39 is 0 Å². The van der Waals surface area contributed by atoms with Crippen LogP contribution in [0.1, 0.15) is 24.0 Å². The van der Waals surface area contributed by atoms with E-state index in [9.17, 15) is 0 Å². The number of ether oxygens (including phenoxy) is 1. The predicted octanol–water partition coefficient (Wildman–Crippen LogP) is 1.73. The van der Waals surface area contributed by atoms with E-state index in [4.69, 9.17) is 10.00 Å². The summed E-state index contributed by atoms with van der Waals surface area (Å²) in [6, 6.07) is 4.69. The Morgan fingerprint density at radius 3 is 3.00 bits per heavy atom. The highest BCUT2D eigenvalue weighted by Gasteiger charge is 2.25. The number of likely N-dealkylation sites (N-methyl/N-ethyl adjacent to an activating group) is 1. The van der Waals surface area contributed by atoms with Gasteiger partial charge in [-0.3, -0.25) is 0 Å². The van der Waals surface area contributed by atoms with Crippen LogP contribution in [0.3, 0.4) is 0 Å². The zero-order valence-corrected chi connectivity index (χ0v) is 10.3. The van der Waals surface area contributed by atoms with Gasteiger partial charge in [0.2, 0.25) is 5.88 Å². The van der Waals surface area contributed by atoms with Gasteiger partial charge in [0.05, 0.1) is 0 Å². The molecule has 0 saturated heterocycles. The number of hydrogen-bond donors (Lipinski definition) is 0. The Morgan fingerprint density at radius 2 is 2.35 bits per heavy atom. The van der Waals surface area contributed by atoms with E-state index in [1.807, 2.05) is 13.0 Å². The van der Waals surface area contributed by atoms with Crippen molar-refractivity contribution in [2.45, 2.75) is 25.8 Å². The molecule has 90 valence electrons. The summed E-state index contributed by atoms with van der Waals surface area (Å²) in [6.45, 7) is 3.35. The normalized spacial score (nSPS) is 14.7. The number of nitriles is 1. The SMILES string of the molecule is Cc1ccnc(OCCN(C)C2CC2)c1C#N. The molecule has 0 N–H and O–H groups in total. The third-order valence-corrected chi connectivity index (χ3v) is 3.09. The Balaban J connectivity index is 1.90. The molecule has 0 radical (unpaired) electrons. The second-order valence-corrected chi connectivity index (χ2v) is 4.48. The average molecular weight is 231 g/mol. The predicted molar refractivity (Wildman–Crippen MR) is 64.8 cm³/mol. The van der Waals surface area contributed by atoms with Gasteiger partial charge < -0.3 is 9.64 Å². The minimum Gasteiger partial charge on any atom is -0.475 e. The molecule has 0 aliphatic heterocycles. The second kappa shape index (κ2) is 5.15. The maximum atomic E-state index is 9.03. The van der Waals surface area contributed by atoms with Crippen LogP contribution in [-0.4, -0.2) is 36.1 Å². The maximum Gasteiger partial charge on any atom is 0.231 e.